The van der Waals surface area contributed by atoms with Gasteiger partial charge in [0.15, 0.2) is 0 Å². The fourth-order valence-electron chi connectivity index (χ4n) is 5.66. The van der Waals surface area contributed by atoms with Gasteiger partial charge in [0.1, 0.15) is 0 Å². The van der Waals surface area contributed by atoms with Crippen LogP contribution in [0.1, 0.15) is 182 Å². The Bertz CT molecular complexity index is 444. The lowest BCUT2D eigenvalue weighted by Crippen LogP contribution is -2.19. The Balaban J connectivity index is 3.75. The van der Waals surface area contributed by atoms with Crippen LogP contribution in [-0.4, -0.2) is 11.1 Å². The van der Waals surface area contributed by atoms with E-state index in [2.05, 4.69) is 34.6 Å². The first-order chi connectivity index (χ1) is 16.9. The van der Waals surface area contributed by atoms with Gasteiger partial charge in [0.2, 0.25) is 0 Å². The zero-order valence-electron chi connectivity index (χ0n) is 24.9. The summed E-state index contributed by atoms with van der Waals surface area (Å²) in [5, 5.41) is 9.79. The largest absolute Gasteiger partial charge is 0.481 e. The van der Waals surface area contributed by atoms with Crippen molar-refractivity contribution in [2.75, 3.05) is 0 Å². The molecule has 2 nitrogen and oxygen atoms in total. The number of hydrogen-bond donors (Lipinski definition) is 1. The number of aliphatic carboxylic acids is 1. The van der Waals surface area contributed by atoms with E-state index < -0.39 is 5.97 Å². The molecule has 0 aliphatic rings. The lowest BCUT2D eigenvalue weighted by molar-refractivity contribution is -0.142. The van der Waals surface area contributed by atoms with E-state index in [0.29, 0.717) is 11.8 Å². The summed E-state index contributed by atoms with van der Waals surface area (Å²) in [5.74, 6) is 1.46. The fourth-order valence-corrected chi connectivity index (χ4v) is 5.66. The Morgan fingerprint density at radius 2 is 1.03 bits per heavy atom. The third kappa shape index (κ3) is 23.6. The van der Waals surface area contributed by atoms with E-state index in [1.807, 2.05) is 0 Å². The number of carboxylic acid groups (broad SMARTS) is 1. The summed E-state index contributed by atoms with van der Waals surface area (Å²) >= 11 is 0. The molecule has 3 unspecified atom stereocenters. The van der Waals surface area contributed by atoms with Crippen LogP contribution in [-0.2, 0) is 4.79 Å². The Hall–Kier alpha value is -0.530. The first-order valence-corrected chi connectivity index (χ1v) is 16.1. The molecule has 0 heterocycles. The highest BCUT2D eigenvalue weighted by molar-refractivity contribution is 5.69. The Kier molecular flexibility index (Phi) is 24.8. The third-order valence-electron chi connectivity index (χ3n) is 8.12. The molecule has 0 aromatic heterocycles. The first-order valence-electron chi connectivity index (χ1n) is 16.1. The first kappa shape index (κ1) is 34.5. The quantitative estimate of drug-likeness (QED) is 0.115. The topological polar surface area (TPSA) is 37.3 Å². The van der Waals surface area contributed by atoms with E-state index in [9.17, 15) is 9.90 Å². The van der Waals surface area contributed by atoms with Crippen LogP contribution in [0.3, 0.4) is 0 Å². The molecular formula is C33H66O2. The molecule has 1 N–H and O–H groups in total. The van der Waals surface area contributed by atoms with Crippen LogP contribution in [0.2, 0.25) is 0 Å². The standard InChI is InChI=1S/C33H66O2/c1-6-8-19-25-31(22-7-2)28-32(33(34)35)27-26-30(5)24-21-18-16-14-12-10-9-11-13-15-17-20-23-29(3)4/h29-32H,6-28H2,1-5H3,(H,34,35). The third-order valence-corrected chi connectivity index (χ3v) is 8.12. The smallest absolute Gasteiger partial charge is 0.306 e. The molecule has 0 aliphatic heterocycles. The van der Waals surface area contributed by atoms with Gasteiger partial charge in [0, 0.05) is 0 Å². The molecule has 2 heteroatoms. The number of carboxylic acids is 1. The van der Waals surface area contributed by atoms with Gasteiger partial charge in [-0.3, -0.25) is 4.79 Å². The summed E-state index contributed by atoms with van der Waals surface area (Å²) in [7, 11) is 0. The van der Waals surface area contributed by atoms with Gasteiger partial charge in [0.25, 0.3) is 0 Å². The molecule has 0 spiro atoms. The molecule has 210 valence electrons. The van der Waals surface area contributed by atoms with Gasteiger partial charge >= 0.3 is 5.97 Å². The van der Waals surface area contributed by atoms with Crippen LogP contribution in [0.25, 0.3) is 0 Å². The second kappa shape index (κ2) is 25.1. The molecule has 0 fully saturated rings. The molecular weight excluding hydrogens is 428 g/mol. The van der Waals surface area contributed by atoms with Gasteiger partial charge < -0.3 is 5.11 Å². The van der Waals surface area contributed by atoms with Crippen molar-refractivity contribution >= 4 is 5.97 Å². The highest BCUT2D eigenvalue weighted by atomic mass is 16.4. The summed E-state index contributed by atoms with van der Waals surface area (Å²) in [6.07, 6.45) is 29.9. The maximum absolute atomic E-state index is 11.9. The van der Waals surface area contributed by atoms with Crippen LogP contribution in [0.15, 0.2) is 0 Å². The summed E-state index contributed by atoms with van der Waals surface area (Å²) in [4.78, 5) is 11.9. The van der Waals surface area contributed by atoms with Crippen molar-refractivity contribution in [1.82, 2.24) is 0 Å². The molecule has 0 rings (SSSR count). The van der Waals surface area contributed by atoms with E-state index in [0.717, 1.165) is 25.2 Å². The molecule has 3 atom stereocenters. The van der Waals surface area contributed by atoms with E-state index in [1.165, 1.54) is 128 Å². The molecule has 0 saturated carbocycles. The highest BCUT2D eigenvalue weighted by Gasteiger charge is 2.22. The minimum Gasteiger partial charge on any atom is -0.481 e. The summed E-state index contributed by atoms with van der Waals surface area (Å²) < 4.78 is 0. The number of hydrogen-bond acceptors (Lipinski definition) is 1. The second-order valence-corrected chi connectivity index (χ2v) is 12.3. The maximum atomic E-state index is 11.9. The van der Waals surface area contributed by atoms with Gasteiger partial charge in [-0.25, -0.2) is 0 Å². The van der Waals surface area contributed by atoms with Crippen molar-refractivity contribution in [1.29, 1.82) is 0 Å². The van der Waals surface area contributed by atoms with Crippen molar-refractivity contribution in [2.24, 2.45) is 23.7 Å². The van der Waals surface area contributed by atoms with Gasteiger partial charge in [-0.05, 0) is 37.0 Å². The van der Waals surface area contributed by atoms with Gasteiger partial charge in [-0.1, -0.05) is 163 Å². The number of unbranched alkanes of at least 4 members (excludes halogenated alkanes) is 13. The predicted molar refractivity (Wildman–Crippen MR) is 156 cm³/mol. The lowest BCUT2D eigenvalue weighted by Gasteiger charge is -2.22. The molecule has 0 aliphatic carbocycles. The Morgan fingerprint density at radius 3 is 1.49 bits per heavy atom. The van der Waals surface area contributed by atoms with Crippen LogP contribution in [0.5, 0.6) is 0 Å². The van der Waals surface area contributed by atoms with Crippen molar-refractivity contribution in [3.05, 3.63) is 0 Å². The van der Waals surface area contributed by atoms with Crippen molar-refractivity contribution in [3.8, 4) is 0 Å². The molecule has 0 aromatic rings. The summed E-state index contributed by atoms with van der Waals surface area (Å²) in [6.45, 7) is 11.5. The zero-order valence-corrected chi connectivity index (χ0v) is 24.9. The molecule has 0 aromatic carbocycles. The normalized spacial score (nSPS) is 14.3. The average Bonchev–Trinajstić information content (AvgIpc) is 2.81. The molecule has 0 radical (unpaired) electrons. The van der Waals surface area contributed by atoms with E-state index in [4.69, 9.17) is 0 Å². The molecule has 0 saturated heterocycles. The van der Waals surface area contributed by atoms with Crippen molar-refractivity contribution < 1.29 is 9.90 Å². The Morgan fingerprint density at radius 1 is 0.543 bits per heavy atom. The monoisotopic (exact) mass is 495 g/mol. The Labute approximate surface area is 221 Å². The van der Waals surface area contributed by atoms with Gasteiger partial charge in [0.05, 0.1) is 5.92 Å². The minimum absolute atomic E-state index is 0.129. The minimum atomic E-state index is -0.556. The van der Waals surface area contributed by atoms with Crippen molar-refractivity contribution in [3.63, 3.8) is 0 Å². The predicted octanol–water partition coefficient (Wildman–Crippen LogP) is 11.6. The highest BCUT2D eigenvalue weighted by Crippen LogP contribution is 2.28. The van der Waals surface area contributed by atoms with Gasteiger partial charge in [-0.15, -0.1) is 0 Å². The van der Waals surface area contributed by atoms with E-state index >= 15 is 0 Å². The fraction of sp³-hybridized carbons (Fsp3) is 0.970. The average molecular weight is 495 g/mol. The van der Waals surface area contributed by atoms with Crippen LogP contribution < -0.4 is 0 Å². The summed E-state index contributed by atoms with van der Waals surface area (Å²) in [5.41, 5.74) is 0. The summed E-state index contributed by atoms with van der Waals surface area (Å²) in [6, 6.07) is 0. The lowest BCUT2D eigenvalue weighted by atomic mass is 9.83. The zero-order chi connectivity index (χ0) is 26.2. The van der Waals surface area contributed by atoms with Gasteiger partial charge in [-0.2, -0.15) is 0 Å². The molecule has 0 bridgehead atoms. The van der Waals surface area contributed by atoms with E-state index in [-0.39, 0.29) is 5.92 Å². The number of rotatable bonds is 27. The second-order valence-electron chi connectivity index (χ2n) is 12.3. The maximum Gasteiger partial charge on any atom is 0.306 e. The molecule has 35 heavy (non-hydrogen) atoms. The van der Waals surface area contributed by atoms with Crippen molar-refractivity contribution in [2.45, 2.75) is 182 Å². The SMILES string of the molecule is CCCCCC(CCC)CC(CCC(C)CCCCCCCCCCCCCCC(C)C)C(=O)O. The van der Waals surface area contributed by atoms with E-state index in [1.54, 1.807) is 0 Å². The van der Waals surface area contributed by atoms with Crippen LogP contribution in [0, 0.1) is 23.7 Å². The number of carbonyl (C=O) groups is 1. The molecule has 0 amide bonds. The van der Waals surface area contributed by atoms with Crippen LogP contribution in [0.4, 0.5) is 0 Å². The van der Waals surface area contributed by atoms with Crippen LogP contribution >= 0.6 is 0 Å².